The molecule has 0 saturated heterocycles. The van der Waals surface area contributed by atoms with Gasteiger partial charge in [-0.1, -0.05) is 0 Å². The quantitative estimate of drug-likeness (QED) is 0.529. The fourth-order valence-electron chi connectivity index (χ4n) is 0.910. The number of rotatable bonds is 4. The zero-order chi connectivity index (χ0) is 12.3. The first kappa shape index (κ1) is 16.1. The largest absolute Gasteiger partial charge is 0.471 e. The third kappa shape index (κ3) is 8.96. The summed E-state index contributed by atoms with van der Waals surface area (Å²) in [5, 5.41) is 8.69. The Balaban J connectivity index is 0. The molecule has 0 unspecified atom stereocenters. The Kier molecular flexibility index (Phi) is 11.5. The van der Waals surface area contributed by atoms with E-state index in [9.17, 15) is 0 Å². The van der Waals surface area contributed by atoms with E-state index in [1.54, 1.807) is 7.05 Å². The molecule has 15 heavy (non-hydrogen) atoms. The normalized spacial score (nSPS) is 12.2. The molecule has 3 N–H and O–H groups in total. The highest BCUT2D eigenvalue weighted by atomic mass is 16.5. The number of nitrogens with two attached hydrogens (primary N) is 1. The number of methoxy groups -OCH3 is 1. The van der Waals surface area contributed by atoms with Gasteiger partial charge in [-0.3, -0.25) is 9.79 Å². The molecule has 5 nitrogen and oxygen atoms in total. The Morgan fingerprint density at radius 3 is 2.20 bits per heavy atom. The van der Waals surface area contributed by atoms with Gasteiger partial charge in [0.05, 0.1) is 7.11 Å². The molecule has 0 saturated carbocycles. The van der Waals surface area contributed by atoms with E-state index < -0.39 is 0 Å². The molecule has 0 amide bonds. The molecule has 0 radical (unpaired) electrons. The number of carbonyl (C=O) groups is 1. The van der Waals surface area contributed by atoms with Crippen molar-refractivity contribution < 1.29 is 14.6 Å². The number of ether oxygens (including phenoxy) is 1. The van der Waals surface area contributed by atoms with Gasteiger partial charge in [0.2, 0.25) is 0 Å². The van der Waals surface area contributed by atoms with Crippen molar-refractivity contribution in [2.24, 2.45) is 10.7 Å². The van der Waals surface area contributed by atoms with Crippen LogP contribution in [0.2, 0.25) is 0 Å². The number of aliphatic hydroxyl groups is 1. The van der Waals surface area contributed by atoms with Crippen LogP contribution in [0.5, 0.6) is 0 Å². The van der Waals surface area contributed by atoms with Crippen LogP contribution in [0.1, 0.15) is 20.3 Å². The van der Waals surface area contributed by atoms with Gasteiger partial charge in [-0.15, -0.1) is 0 Å². The molecule has 0 aromatic rings. The maximum absolute atomic E-state index is 8.95. The Morgan fingerprint density at radius 2 is 2.00 bits per heavy atom. The lowest BCUT2D eigenvalue weighted by molar-refractivity contribution is -0.126. The SMILES string of the molecule is CN=C(C)/C(CCO)=C(/C)N.COC=O. The van der Waals surface area contributed by atoms with Crippen LogP contribution in [0.15, 0.2) is 16.3 Å². The van der Waals surface area contributed by atoms with E-state index in [1.165, 1.54) is 7.11 Å². The zero-order valence-electron chi connectivity index (χ0n) is 9.78. The molecule has 0 aliphatic carbocycles. The summed E-state index contributed by atoms with van der Waals surface area (Å²) in [6, 6.07) is 0. The molecule has 5 heteroatoms. The first-order chi connectivity index (χ1) is 7.04. The van der Waals surface area contributed by atoms with E-state index in [4.69, 9.17) is 15.6 Å². The van der Waals surface area contributed by atoms with Crippen molar-refractivity contribution in [3.63, 3.8) is 0 Å². The number of hydrogen-bond acceptors (Lipinski definition) is 5. The molecule has 88 valence electrons. The number of allylic oxidation sites excluding steroid dienone is 1. The molecular weight excluding hydrogens is 196 g/mol. The van der Waals surface area contributed by atoms with Gasteiger partial charge < -0.3 is 15.6 Å². The topological polar surface area (TPSA) is 84.9 Å². The molecule has 0 heterocycles. The summed E-state index contributed by atoms with van der Waals surface area (Å²) in [5.41, 5.74) is 8.18. The van der Waals surface area contributed by atoms with Crippen LogP contribution in [-0.2, 0) is 9.53 Å². The van der Waals surface area contributed by atoms with E-state index in [2.05, 4.69) is 9.73 Å². The number of nitrogens with zero attached hydrogens (tertiary/aromatic N) is 1. The van der Waals surface area contributed by atoms with Crippen LogP contribution in [0.3, 0.4) is 0 Å². The number of hydrogen-bond donors (Lipinski definition) is 2. The lowest BCUT2D eigenvalue weighted by Gasteiger charge is -2.06. The van der Waals surface area contributed by atoms with Gasteiger partial charge in [0.15, 0.2) is 0 Å². The van der Waals surface area contributed by atoms with E-state index >= 15 is 0 Å². The molecule has 0 aliphatic rings. The summed E-state index contributed by atoms with van der Waals surface area (Å²) in [6.45, 7) is 4.21. The third-order valence-electron chi connectivity index (χ3n) is 1.71. The van der Waals surface area contributed by atoms with Crippen molar-refractivity contribution in [1.82, 2.24) is 0 Å². The second kappa shape index (κ2) is 10.7. The van der Waals surface area contributed by atoms with E-state index in [0.29, 0.717) is 12.9 Å². The molecule has 0 spiro atoms. The van der Waals surface area contributed by atoms with Gasteiger partial charge in [0, 0.05) is 25.1 Å². The highest BCUT2D eigenvalue weighted by Crippen LogP contribution is 2.06. The third-order valence-corrected chi connectivity index (χ3v) is 1.71. The van der Waals surface area contributed by atoms with Gasteiger partial charge in [-0.05, 0) is 25.8 Å². The number of carbonyl (C=O) groups excluding carboxylic acids is 1. The van der Waals surface area contributed by atoms with Crippen LogP contribution >= 0.6 is 0 Å². The van der Waals surface area contributed by atoms with Gasteiger partial charge in [0.1, 0.15) is 0 Å². The second-order valence-corrected chi connectivity index (χ2v) is 2.78. The van der Waals surface area contributed by atoms with Crippen molar-refractivity contribution in [1.29, 1.82) is 0 Å². The smallest absolute Gasteiger partial charge is 0.292 e. The van der Waals surface area contributed by atoms with E-state index in [0.717, 1.165) is 17.0 Å². The van der Waals surface area contributed by atoms with Crippen molar-refractivity contribution in [3.8, 4) is 0 Å². The summed E-state index contributed by atoms with van der Waals surface area (Å²) in [5.74, 6) is 0. The van der Waals surface area contributed by atoms with Crippen molar-refractivity contribution in [3.05, 3.63) is 11.3 Å². The second-order valence-electron chi connectivity index (χ2n) is 2.78. The van der Waals surface area contributed by atoms with Crippen LogP contribution in [0, 0.1) is 0 Å². The predicted octanol–water partition coefficient (Wildman–Crippen LogP) is 0.481. The van der Waals surface area contributed by atoms with Gasteiger partial charge >= 0.3 is 0 Å². The fourth-order valence-corrected chi connectivity index (χ4v) is 0.910. The summed E-state index contributed by atoms with van der Waals surface area (Å²) in [7, 11) is 3.03. The fraction of sp³-hybridized carbons (Fsp3) is 0.600. The zero-order valence-corrected chi connectivity index (χ0v) is 9.78. The molecule has 0 fully saturated rings. The summed E-state index contributed by atoms with van der Waals surface area (Å²) >= 11 is 0. The average Bonchev–Trinajstić information content (AvgIpc) is 2.24. The summed E-state index contributed by atoms with van der Waals surface area (Å²) in [6.07, 6.45) is 0.589. The number of aliphatic imine (C=N–C) groups is 1. The lowest BCUT2D eigenvalue weighted by atomic mass is 10.1. The first-order valence-electron chi connectivity index (χ1n) is 4.51. The minimum Gasteiger partial charge on any atom is -0.471 e. The van der Waals surface area contributed by atoms with Gasteiger partial charge in [-0.2, -0.15) is 0 Å². The summed E-state index contributed by atoms with van der Waals surface area (Å²) < 4.78 is 3.86. The molecule has 0 aromatic heterocycles. The summed E-state index contributed by atoms with van der Waals surface area (Å²) in [4.78, 5) is 12.9. The van der Waals surface area contributed by atoms with Crippen LogP contribution in [0.4, 0.5) is 0 Å². The highest BCUT2D eigenvalue weighted by Gasteiger charge is 2.02. The standard InChI is InChI=1S/C8H16N2O.C2H4O2/c1-6(9)8(4-5-11)7(2)10-3;1-4-2-3/h11H,4-5,9H2,1-3H3;2H,1H3/b8-6-,10-7?;. The highest BCUT2D eigenvalue weighted by molar-refractivity contribution is 5.98. The van der Waals surface area contributed by atoms with Crippen LogP contribution in [-0.4, -0.2) is 38.1 Å². The minimum atomic E-state index is 0.122. The van der Waals surface area contributed by atoms with Gasteiger partial charge in [0.25, 0.3) is 6.47 Å². The van der Waals surface area contributed by atoms with Gasteiger partial charge in [-0.25, -0.2) is 0 Å². The van der Waals surface area contributed by atoms with Crippen LogP contribution < -0.4 is 5.73 Å². The number of aliphatic hydroxyl groups excluding tert-OH is 1. The van der Waals surface area contributed by atoms with Crippen molar-refractivity contribution in [2.45, 2.75) is 20.3 Å². The molecule has 0 atom stereocenters. The Morgan fingerprint density at radius 1 is 1.53 bits per heavy atom. The lowest BCUT2D eigenvalue weighted by Crippen LogP contribution is -2.07. The van der Waals surface area contributed by atoms with E-state index in [-0.39, 0.29) is 6.61 Å². The minimum absolute atomic E-state index is 0.122. The van der Waals surface area contributed by atoms with Crippen molar-refractivity contribution in [2.75, 3.05) is 20.8 Å². The Hall–Kier alpha value is -1.36. The monoisotopic (exact) mass is 216 g/mol. The first-order valence-corrected chi connectivity index (χ1v) is 4.51. The Labute approximate surface area is 90.6 Å². The molecule has 0 aromatic carbocycles. The molecule has 0 aliphatic heterocycles. The molecule has 0 rings (SSSR count). The Bertz CT molecular complexity index is 231. The maximum Gasteiger partial charge on any atom is 0.292 e. The van der Waals surface area contributed by atoms with E-state index in [1.807, 2.05) is 13.8 Å². The van der Waals surface area contributed by atoms with Crippen molar-refractivity contribution >= 4 is 12.2 Å². The molecular formula is C10H20N2O3. The average molecular weight is 216 g/mol. The maximum atomic E-state index is 8.95. The van der Waals surface area contributed by atoms with Crippen LogP contribution in [0.25, 0.3) is 0 Å². The molecule has 0 bridgehead atoms. The predicted molar refractivity (Wildman–Crippen MR) is 60.7 cm³/mol.